The van der Waals surface area contributed by atoms with Crippen molar-refractivity contribution in [3.05, 3.63) is 54.0 Å². The average Bonchev–Trinajstić information content (AvgIpc) is 2.80. The summed E-state index contributed by atoms with van der Waals surface area (Å²) in [5, 5.41) is 16.0. The Bertz CT molecular complexity index is 777. The van der Waals surface area contributed by atoms with Gasteiger partial charge < -0.3 is 9.90 Å². The maximum absolute atomic E-state index is 10.9. The summed E-state index contributed by atoms with van der Waals surface area (Å²) < 4.78 is 1.58. The average molecular weight is 252 g/mol. The zero-order chi connectivity index (χ0) is 13.4. The Labute approximate surface area is 109 Å². The minimum atomic E-state index is -1.22. The van der Waals surface area contributed by atoms with Crippen molar-refractivity contribution in [2.75, 3.05) is 0 Å². The van der Waals surface area contributed by atoms with Crippen molar-refractivity contribution >= 4 is 16.9 Å². The van der Waals surface area contributed by atoms with Crippen LogP contribution >= 0.6 is 0 Å². The number of hydrogen-bond donors (Lipinski definition) is 0. The van der Waals surface area contributed by atoms with Gasteiger partial charge in [0.25, 0.3) is 0 Å². The van der Waals surface area contributed by atoms with Crippen molar-refractivity contribution in [2.45, 2.75) is 6.92 Å². The minimum absolute atomic E-state index is 0.103. The third kappa shape index (κ3) is 1.85. The van der Waals surface area contributed by atoms with Crippen molar-refractivity contribution in [1.82, 2.24) is 14.8 Å². The Kier molecular flexibility index (Phi) is 2.52. The van der Waals surface area contributed by atoms with Crippen LogP contribution in [0.25, 0.3) is 16.6 Å². The van der Waals surface area contributed by atoms with Crippen molar-refractivity contribution < 1.29 is 9.90 Å². The number of nitrogens with zero attached hydrogens (tertiary/aromatic N) is 3. The molecule has 3 aromatic rings. The number of aromatic nitrogens is 3. The van der Waals surface area contributed by atoms with Gasteiger partial charge in [-0.25, -0.2) is 4.68 Å². The minimum Gasteiger partial charge on any atom is -0.545 e. The first-order valence-corrected chi connectivity index (χ1v) is 5.78. The SMILES string of the molecule is Cc1c(C(=O)[O-])cnn1-c1ccc2ncccc2c1. The van der Waals surface area contributed by atoms with Crippen LogP contribution in [0.4, 0.5) is 0 Å². The molecule has 2 aromatic heterocycles. The lowest BCUT2D eigenvalue weighted by Crippen LogP contribution is -2.22. The molecule has 0 radical (unpaired) electrons. The van der Waals surface area contributed by atoms with E-state index in [1.807, 2.05) is 30.3 Å². The first kappa shape index (κ1) is 11.4. The van der Waals surface area contributed by atoms with E-state index in [1.165, 1.54) is 6.20 Å². The molecule has 19 heavy (non-hydrogen) atoms. The third-order valence-electron chi connectivity index (χ3n) is 3.06. The molecule has 0 bridgehead atoms. The second kappa shape index (κ2) is 4.20. The summed E-state index contributed by atoms with van der Waals surface area (Å²) in [6.45, 7) is 1.70. The van der Waals surface area contributed by atoms with Gasteiger partial charge in [0.05, 0.1) is 29.1 Å². The van der Waals surface area contributed by atoms with E-state index < -0.39 is 5.97 Å². The highest BCUT2D eigenvalue weighted by molar-refractivity contribution is 5.87. The van der Waals surface area contributed by atoms with Gasteiger partial charge in [0.15, 0.2) is 0 Å². The number of carboxylic acids is 1. The number of rotatable bonds is 2. The highest BCUT2D eigenvalue weighted by atomic mass is 16.4. The van der Waals surface area contributed by atoms with Gasteiger partial charge in [-0.3, -0.25) is 4.98 Å². The number of benzene rings is 1. The van der Waals surface area contributed by atoms with Crippen LogP contribution in [-0.2, 0) is 0 Å². The maximum Gasteiger partial charge on any atom is 0.0749 e. The Morgan fingerprint density at radius 1 is 1.32 bits per heavy atom. The van der Waals surface area contributed by atoms with Gasteiger partial charge in [-0.15, -0.1) is 0 Å². The summed E-state index contributed by atoms with van der Waals surface area (Å²) >= 11 is 0. The fraction of sp³-hybridized carbons (Fsp3) is 0.0714. The zero-order valence-electron chi connectivity index (χ0n) is 10.2. The number of fused-ring (bicyclic) bond motifs is 1. The molecular formula is C14H10N3O2-. The number of carboxylic acid groups (broad SMARTS) is 1. The van der Waals surface area contributed by atoms with Gasteiger partial charge in [0.2, 0.25) is 0 Å². The van der Waals surface area contributed by atoms with Crippen LogP contribution in [0.2, 0.25) is 0 Å². The molecule has 2 heterocycles. The van der Waals surface area contributed by atoms with Gasteiger partial charge >= 0.3 is 0 Å². The van der Waals surface area contributed by atoms with E-state index in [0.717, 1.165) is 16.6 Å². The molecule has 0 saturated carbocycles. The first-order valence-electron chi connectivity index (χ1n) is 5.78. The predicted molar refractivity (Wildman–Crippen MR) is 67.9 cm³/mol. The molecular weight excluding hydrogens is 242 g/mol. The summed E-state index contributed by atoms with van der Waals surface area (Å²) in [7, 11) is 0. The predicted octanol–water partition coefficient (Wildman–Crippen LogP) is 1.09. The Morgan fingerprint density at radius 3 is 2.89 bits per heavy atom. The monoisotopic (exact) mass is 252 g/mol. The second-order valence-electron chi connectivity index (χ2n) is 4.22. The molecule has 94 valence electrons. The third-order valence-corrected chi connectivity index (χ3v) is 3.06. The standard InChI is InChI=1S/C14H11N3O2/c1-9-12(14(18)19)8-16-17(9)11-4-5-13-10(7-11)3-2-6-15-13/h2-8H,1H3,(H,18,19)/p-1. The first-order chi connectivity index (χ1) is 9.16. The molecule has 0 aliphatic carbocycles. The lowest BCUT2D eigenvalue weighted by atomic mass is 10.2. The maximum atomic E-state index is 10.9. The largest absolute Gasteiger partial charge is 0.545 e. The Balaban J connectivity index is 2.16. The number of carbonyl (C=O) groups is 1. The molecule has 0 unspecified atom stereocenters. The van der Waals surface area contributed by atoms with E-state index in [1.54, 1.807) is 17.8 Å². The lowest BCUT2D eigenvalue weighted by molar-refractivity contribution is -0.255. The Hall–Kier alpha value is -2.69. The molecule has 0 amide bonds. The van der Waals surface area contributed by atoms with Crippen molar-refractivity contribution in [3.8, 4) is 5.69 Å². The smallest absolute Gasteiger partial charge is 0.0749 e. The van der Waals surface area contributed by atoms with Crippen molar-refractivity contribution in [3.63, 3.8) is 0 Å². The molecule has 5 nitrogen and oxygen atoms in total. The summed E-state index contributed by atoms with van der Waals surface area (Å²) in [6.07, 6.45) is 3.04. The quantitative estimate of drug-likeness (QED) is 0.684. The van der Waals surface area contributed by atoms with Crippen LogP contribution in [0.5, 0.6) is 0 Å². The van der Waals surface area contributed by atoms with Gasteiger partial charge in [0.1, 0.15) is 0 Å². The topological polar surface area (TPSA) is 70.8 Å². The van der Waals surface area contributed by atoms with E-state index in [4.69, 9.17) is 0 Å². The van der Waals surface area contributed by atoms with Crippen LogP contribution in [-0.4, -0.2) is 20.7 Å². The molecule has 0 N–H and O–H groups in total. The van der Waals surface area contributed by atoms with Gasteiger partial charge in [-0.2, -0.15) is 5.10 Å². The molecule has 0 aliphatic heterocycles. The highest BCUT2D eigenvalue weighted by Crippen LogP contribution is 2.18. The fourth-order valence-electron chi connectivity index (χ4n) is 2.07. The molecule has 0 saturated heterocycles. The van der Waals surface area contributed by atoms with Crippen LogP contribution in [0.1, 0.15) is 16.1 Å². The Morgan fingerprint density at radius 2 is 2.16 bits per heavy atom. The number of aromatic carboxylic acids is 1. The normalized spacial score (nSPS) is 10.8. The van der Waals surface area contributed by atoms with Crippen LogP contribution in [0.3, 0.4) is 0 Å². The van der Waals surface area contributed by atoms with E-state index in [2.05, 4.69) is 10.1 Å². The molecule has 0 atom stereocenters. The zero-order valence-corrected chi connectivity index (χ0v) is 10.2. The summed E-state index contributed by atoms with van der Waals surface area (Å²) in [4.78, 5) is 15.1. The summed E-state index contributed by atoms with van der Waals surface area (Å²) in [5.74, 6) is -1.22. The number of carbonyl (C=O) groups excluding carboxylic acids is 1. The molecule has 0 aliphatic rings. The molecule has 3 rings (SSSR count). The molecule has 5 heteroatoms. The van der Waals surface area contributed by atoms with Crippen molar-refractivity contribution in [2.24, 2.45) is 0 Å². The van der Waals surface area contributed by atoms with Crippen LogP contribution in [0, 0.1) is 6.92 Å². The molecule has 0 spiro atoms. The number of pyridine rings is 1. The van der Waals surface area contributed by atoms with Crippen molar-refractivity contribution in [1.29, 1.82) is 0 Å². The van der Waals surface area contributed by atoms with Crippen LogP contribution < -0.4 is 5.11 Å². The highest BCUT2D eigenvalue weighted by Gasteiger charge is 2.09. The van der Waals surface area contributed by atoms with Crippen LogP contribution in [0.15, 0.2) is 42.7 Å². The summed E-state index contributed by atoms with van der Waals surface area (Å²) in [6, 6.07) is 9.46. The number of hydrogen-bond acceptors (Lipinski definition) is 4. The lowest BCUT2D eigenvalue weighted by Gasteiger charge is -2.07. The summed E-state index contributed by atoms with van der Waals surface area (Å²) in [5.41, 5.74) is 2.33. The van der Waals surface area contributed by atoms with E-state index in [0.29, 0.717) is 5.69 Å². The molecule has 0 fully saturated rings. The van der Waals surface area contributed by atoms with E-state index in [9.17, 15) is 9.90 Å². The van der Waals surface area contributed by atoms with Gasteiger partial charge in [-0.1, -0.05) is 6.07 Å². The van der Waals surface area contributed by atoms with E-state index >= 15 is 0 Å². The van der Waals surface area contributed by atoms with Gasteiger partial charge in [-0.05, 0) is 31.2 Å². The van der Waals surface area contributed by atoms with Gasteiger partial charge in [0, 0.05) is 17.1 Å². The molecule has 1 aromatic carbocycles. The fourth-order valence-corrected chi connectivity index (χ4v) is 2.07. The second-order valence-corrected chi connectivity index (χ2v) is 4.22. The van der Waals surface area contributed by atoms with E-state index in [-0.39, 0.29) is 5.56 Å².